The van der Waals surface area contributed by atoms with Gasteiger partial charge in [-0.25, -0.2) is 18.1 Å². The van der Waals surface area contributed by atoms with Crippen molar-refractivity contribution in [3.05, 3.63) is 59.3 Å². The van der Waals surface area contributed by atoms with Gasteiger partial charge in [-0.1, -0.05) is 11.6 Å². The van der Waals surface area contributed by atoms with E-state index in [0.29, 0.717) is 41.5 Å². The van der Waals surface area contributed by atoms with Crippen LogP contribution in [0.2, 0.25) is 5.02 Å². The highest BCUT2D eigenvalue weighted by Crippen LogP contribution is 2.33. The lowest BCUT2D eigenvalue weighted by atomic mass is 10.2. The van der Waals surface area contributed by atoms with Crippen LogP contribution in [0.4, 0.5) is 5.82 Å². The number of aryl methyl sites for hydroxylation is 1. The van der Waals surface area contributed by atoms with Gasteiger partial charge in [0.25, 0.3) is 0 Å². The summed E-state index contributed by atoms with van der Waals surface area (Å²) < 4.78 is 27.3. The molecule has 12 heteroatoms. The van der Waals surface area contributed by atoms with Crippen molar-refractivity contribution in [2.75, 3.05) is 11.9 Å². The molecule has 2 N–H and O–H groups in total. The Bertz CT molecular complexity index is 1220. The molecular formula is C19H19ClN6O4S. The molecule has 2 aromatic heterocycles. The van der Waals surface area contributed by atoms with Crippen LogP contribution in [0.5, 0.6) is 0 Å². The lowest BCUT2D eigenvalue weighted by Gasteiger charge is -2.11. The zero-order valence-corrected chi connectivity index (χ0v) is 17.9. The predicted molar refractivity (Wildman–Crippen MR) is 113 cm³/mol. The SMILES string of the molecule is O=C(NCCCn1ccnc1)C(=O)Nc1c2c(nn1-c1ccc(Cl)cc1)CS(=O)(=O)C2. The standard InChI is InChI=1S/C19H19ClN6O4S/c20-13-2-4-14(5-3-13)26-17(15-10-31(29,30)11-16(15)24-26)23-19(28)18(27)22-6-1-8-25-9-7-21-12-25/h2-5,7,9,12H,1,6,8,10-11H2,(H,22,27)(H,23,28). The molecule has 0 saturated carbocycles. The van der Waals surface area contributed by atoms with Crippen LogP contribution < -0.4 is 10.6 Å². The second-order valence-corrected chi connectivity index (χ2v) is 9.56. The maximum absolute atomic E-state index is 12.5. The number of halogens is 1. The number of hydrogen-bond donors (Lipinski definition) is 2. The van der Waals surface area contributed by atoms with E-state index in [4.69, 9.17) is 11.6 Å². The molecule has 0 saturated heterocycles. The highest BCUT2D eigenvalue weighted by molar-refractivity contribution is 7.90. The second-order valence-electron chi connectivity index (χ2n) is 7.06. The van der Waals surface area contributed by atoms with E-state index in [2.05, 4.69) is 20.7 Å². The first-order chi connectivity index (χ1) is 14.8. The molecule has 0 radical (unpaired) electrons. The number of carbonyl (C=O) groups is 2. The summed E-state index contributed by atoms with van der Waals surface area (Å²) >= 11 is 5.93. The predicted octanol–water partition coefficient (Wildman–Crippen LogP) is 1.30. The van der Waals surface area contributed by atoms with Crippen LogP contribution in [0, 0.1) is 0 Å². The summed E-state index contributed by atoms with van der Waals surface area (Å²) in [6.07, 6.45) is 5.75. The van der Waals surface area contributed by atoms with Gasteiger partial charge in [0.1, 0.15) is 5.82 Å². The number of hydrogen-bond acceptors (Lipinski definition) is 6. The van der Waals surface area contributed by atoms with Crippen molar-refractivity contribution in [3.8, 4) is 5.69 Å². The van der Waals surface area contributed by atoms with E-state index < -0.39 is 21.7 Å². The smallest absolute Gasteiger partial charge is 0.314 e. The molecule has 162 valence electrons. The number of sulfone groups is 1. The number of benzene rings is 1. The summed E-state index contributed by atoms with van der Waals surface area (Å²) in [6.45, 7) is 0.948. The molecule has 1 aromatic carbocycles. The Hall–Kier alpha value is -3.18. The number of imidazole rings is 1. The van der Waals surface area contributed by atoms with Crippen LogP contribution in [0.25, 0.3) is 5.69 Å². The Morgan fingerprint density at radius 3 is 2.61 bits per heavy atom. The zero-order valence-electron chi connectivity index (χ0n) is 16.3. The lowest BCUT2D eigenvalue weighted by Crippen LogP contribution is -2.36. The van der Waals surface area contributed by atoms with Gasteiger partial charge in [0.05, 0.1) is 29.2 Å². The highest BCUT2D eigenvalue weighted by atomic mass is 35.5. The van der Waals surface area contributed by atoms with E-state index in [1.807, 2.05) is 4.57 Å². The molecular weight excluding hydrogens is 444 g/mol. The minimum absolute atomic E-state index is 0.164. The van der Waals surface area contributed by atoms with Crippen molar-refractivity contribution < 1.29 is 18.0 Å². The fraction of sp³-hybridized carbons (Fsp3) is 0.263. The average molecular weight is 463 g/mol. The molecule has 31 heavy (non-hydrogen) atoms. The van der Waals surface area contributed by atoms with Crippen LogP contribution in [-0.2, 0) is 37.5 Å². The van der Waals surface area contributed by atoms with Crippen molar-refractivity contribution in [2.24, 2.45) is 0 Å². The van der Waals surface area contributed by atoms with Crippen LogP contribution in [0.1, 0.15) is 17.7 Å². The third kappa shape index (κ3) is 4.78. The maximum atomic E-state index is 12.5. The van der Waals surface area contributed by atoms with Gasteiger partial charge in [-0.15, -0.1) is 0 Å². The van der Waals surface area contributed by atoms with Gasteiger partial charge in [-0.3, -0.25) is 9.59 Å². The van der Waals surface area contributed by atoms with Crippen LogP contribution >= 0.6 is 11.6 Å². The summed E-state index contributed by atoms with van der Waals surface area (Å²) in [6, 6.07) is 6.67. The largest absolute Gasteiger partial charge is 0.348 e. The number of rotatable bonds is 6. The average Bonchev–Trinajstić information content (AvgIpc) is 3.42. The number of fused-ring (bicyclic) bond motifs is 1. The monoisotopic (exact) mass is 462 g/mol. The van der Waals surface area contributed by atoms with Gasteiger partial charge in [0.15, 0.2) is 9.84 Å². The van der Waals surface area contributed by atoms with Crippen molar-refractivity contribution in [3.63, 3.8) is 0 Å². The first kappa shape index (κ1) is 21.1. The molecule has 10 nitrogen and oxygen atoms in total. The number of carbonyl (C=O) groups excluding carboxylic acids is 2. The molecule has 0 aliphatic carbocycles. The molecule has 0 atom stereocenters. The molecule has 0 bridgehead atoms. The third-order valence-corrected chi connectivity index (χ3v) is 6.43. The van der Waals surface area contributed by atoms with Crippen molar-refractivity contribution in [2.45, 2.75) is 24.5 Å². The van der Waals surface area contributed by atoms with Crippen molar-refractivity contribution >= 4 is 39.1 Å². The Kier molecular flexibility index (Phi) is 5.79. The number of amides is 2. The van der Waals surface area contributed by atoms with E-state index >= 15 is 0 Å². The van der Waals surface area contributed by atoms with E-state index in [1.54, 1.807) is 43.0 Å². The molecule has 0 spiro atoms. The van der Waals surface area contributed by atoms with Gasteiger partial charge in [-0.05, 0) is 30.7 Å². The second kappa shape index (κ2) is 8.52. The Balaban J connectivity index is 1.48. The number of nitrogens with zero attached hydrogens (tertiary/aromatic N) is 4. The number of aromatic nitrogens is 4. The summed E-state index contributed by atoms with van der Waals surface area (Å²) in [5.41, 5.74) is 1.31. The van der Waals surface area contributed by atoms with Crippen LogP contribution in [0.15, 0.2) is 43.0 Å². The van der Waals surface area contributed by atoms with E-state index in [1.165, 1.54) is 4.68 Å². The number of anilines is 1. The van der Waals surface area contributed by atoms with Gasteiger partial charge < -0.3 is 15.2 Å². The zero-order chi connectivity index (χ0) is 22.0. The molecule has 0 fully saturated rings. The topological polar surface area (TPSA) is 128 Å². The summed E-state index contributed by atoms with van der Waals surface area (Å²) in [4.78, 5) is 28.7. The fourth-order valence-electron chi connectivity index (χ4n) is 3.27. The third-order valence-electron chi connectivity index (χ3n) is 4.73. The molecule has 3 aromatic rings. The Morgan fingerprint density at radius 2 is 1.90 bits per heavy atom. The maximum Gasteiger partial charge on any atom is 0.314 e. The summed E-state index contributed by atoms with van der Waals surface area (Å²) in [5.74, 6) is -2.02. The Morgan fingerprint density at radius 1 is 1.13 bits per heavy atom. The lowest BCUT2D eigenvalue weighted by molar-refractivity contribution is -0.136. The van der Waals surface area contributed by atoms with E-state index in [0.717, 1.165) is 0 Å². The molecule has 1 aliphatic rings. The summed E-state index contributed by atoms with van der Waals surface area (Å²) in [7, 11) is -3.34. The fourth-order valence-corrected chi connectivity index (χ4v) is 4.89. The van der Waals surface area contributed by atoms with Gasteiger partial charge in [0, 0.05) is 36.1 Å². The Labute approximate surface area is 183 Å². The minimum Gasteiger partial charge on any atom is -0.348 e. The normalized spacial score (nSPS) is 14.2. The van der Waals surface area contributed by atoms with Gasteiger partial charge in [-0.2, -0.15) is 5.10 Å². The van der Waals surface area contributed by atoms with Gasteiger partial charge >= 0.3 is 11.8 Å². The molecule has 1 aliphatic heterocycles. The van der Waals surface area contributed by atoms with E-state index in [-0.39, 0.29) is 17.3 Å². The first-order valence-electron chi connectivity index (χ1n) is 9.44. The molecule has 3 heterocycles. The van der Waals surface area contributed by atoms with Crippen LogP contribution in [0.3, 0.4) is 0 Å². The van der Waals surface area contributed by atoms with Gasteiger partial charge in [0.2, 0.25) is 0 Å². The summed E-state index contributed by atoms with van der Waals surface area (Å²) in [5, 5.41) is 9.95. The van der Waals surface area contributed by atoms with Crippen LogP contribution in [-0.4, -0.2) is 46.1 Å². The van der Waals surface area contributed by atoms with Crippen molar-refractivity contribution in [1.29, 1.82) is 0 Å². The number of nitrogens with one attached hydrogen (secondary N) is 2. The highest BCUT2D eigenvalue weighted by Gasteiger charge is 2.33. The van der Waals surface area contributed by atoms with Crippen molar-refractivity contribution in [1.82, 2.24) is 24.6 Å². The molecule has 2 amide bonds. The molecule has 4 rings (SSSR count). The van der Waals surface area contributed by atoms with E-state index in [9.17, 15) is 18.0 Å². The quantitative estimate of drug-likeness (QED) is 0.419. The first-order valence-corrected chi connectivity index (χ1v) is 11.6. The minimum atomic E-state index is -3.34. The molecule has 0 unspecified atom stereocenters.